The maximum atomic E-state index is 12.0. The van der Waals surface area contributed by atoms with Crippen LogP contribution in [0.15, 0.2) is 18.2 Å². The number of carbonyl (C=O) groups is 1. The number of hydrogen-bond acceptors (Lipinski definition) is 5. The highest BCUT2D eigenvalue weighted by Crippen LogP contribution is 2.30. The molecule has 22 heavy (non-hydrogen) atoms. The van der Waals surface area contributed by atoms with E-state index in [9.17, 15) is 9.90 Å². The Morgan fingerprint density at radius 2 is 2.14 bits per heavy atom. The van der Waals surface area contributed by atoms with E-state index in [0.29, 0.717) is 25.5 Å². The SMILES string of the molecule is COC[C@@H](O)CN(C)C(=O)NCc1ccc2c(c1)OCCO2. The van der Waals surface area contributed by atoms with Crippen LogP contribution in [0.4, 0.5) is 4.79 Å². The largest absolute Gasteiger partial charge is 0.486 e. The summed E-state index contributed by atoms with van der Waals surface area (Å²) in [6.07, 6.45) is -0.699. The molecular formula is C15H22N2O5. The molecule has 2 amide bonds. The quantitative estimate of drug-likeness (QED) is 0.804. The fourth-order valence-corrected chi connectivity index (χ4v) is 2.15. The number of aliphatic hydroxyl groups is 1. The van der Waals surface area contributed by atoms with Gasteiger partial charge in [0.05, 0.1) is 19.3 Å². The summed E-state index contributed by atoms with van der Waals surface area (Å²) in [5.41, 5.74) is 0.920. The standard InChI is InChI=1S/C15H22N2O5/c1-17(9-12(18)10-20-2)15(19)16-8-11-3-4-13-14(7-11)22-6-5-21-13/h3-4,7,12,18H,5-6,8-10H2,1-2H3,(H,16,19)/t12-/m0/s1. The minimum absolute atomic E-state index is 0.194. The molecule has 0 radical (unpaired) electrons. The van der Waals surface area contributed by atoms with E-state index in [0.717, 1.165) is 11.3 Å². The molecule has 1 aliphatic heterocycles. The van der Waals surface area contributed by atoms with Crippen LogP contribution in [0.5, 0.6) is 11.5 Å². The third-order valence-electron chi connectivity index (χ3n) is 3.24. The smallest absolute Gasteiger partial charge is 0.317 e. The van der Waals surface area contributed by atoms with Crippen LogP contribution in [-0.4, -0.2) is 62.7 Å². The van der Waals surface area contributed by atoms with E-state index in [1.165, 1.54) is 12.0 Å². The second kappa shape index (κ2) is 7.86. The Labute approximate surface area is 129 Å². The van der Waals surface area contributed by atoms with Gasteiger partial charge in [-0.25, -0.2) is 4.79 Å². The molecule has 0 bridgehead atoms. The van der Waals surface area contributed by atoms with Crippen molar-refractivity contribution in [2.75, 3.05) is 40.5 Å². The molecule has 0 saturated carbocycles. The van der Waals surface area contributed by atoms with Gasteiger partial charge in [-0.05, 0) is 17.7 Å². The molecule has 2 rings (SSSR count). The summed E-state index contributed by atoms with van der Waals surface area (Å²) in [7, 11) is 3.13. The van der Waals surface area contributed by atoms with E-state index in [1.54, 1.807) is 7.05 Å². The summed E-state index contributed by atoms with van der Waals surface area (Å²) >= 11 is 0. The van der Waals surface area contributed by atoms with Gasteiger partial charge >= 0.3 is 6.03 Å². The van der Waals surface area contributed by atoms with E-state index in [4.69, 9.17) is 14.2 Å². The highest BCUT2D eigenvalue weighted by molar-refractivity contribution is 5.73. The van der Waals surface area contributed by atoms with Gasteiger partial charge in [0.25, 0.3) is 0 Å². The number of amides is 2. The van der Waals surface area contributed by atoms with Crippen molar-refractivity contribution in [3.05, 3.63) is 23.8 Å². The number of nitrogens with zero attached hydrogens (tertiary/aromatic N) is 1. The molecule has 0 aliphatic carbocycles. The summed E-state index contributed by atoms with van der Waals surface area (Å²) in [5.74, 6) is 1.42. The van der Waals surface area contributed by atoms with Crippen molar-refractivity contribution in [1.82, 2.24) is 10.2 Å². The van der Waals surface area contributed by atoms with Crippen LogP contribution in [0.1, 0.15) is 5.56 Å². The molecule has 7 heteroatoms. The molecule has 122 valence electrons. The molecule has 0 saturated heterocycles. The van der Waals surface area contributed by atoms with Crippen molar-refractivity contribution < 1.29 is 24.1 Å². The molecule has 1 heterocycles. The number of urea groups is 1. The number of rotatable bonds is 6. The number of methoxy groups -OCH3 is 1. The molecule has 1 atom stereocenters. The Bertz CT molecular complexity index is 509. The number of benzene rings is 1. The molecule has 1 aliphatic rings. The van der Waals surface area contributed by atoms with Crippen molar-refractivity contribution in [2.24, 2.45) is 0 Å². The maximum Gasteiger partial charge on any atom is 0.317 e. The number of ether oxygens (including phenoxy) is 3. The van der Waals surface area contributed by atoms with Crippen molar-refractivity contribution in [3.63, 3.8) is 0 Å². The Morgan fingerprint density at radius 1 is 1.41 bits per heavy atom. The lowest BCUT2D eigenvalue weighted by atomic mass is 10.2. The zero-order valence-corrected chi connectivity index (χ0v) is 12.9. The van der Waals surface area contributed by atoms with Crippen LogP contribution >= 0.6 is 0 Å². The minimum atomic E-state index is -0.699. The molecule has 2 N–H and O–H groups in total. The van der Waals surface area contributed by atoms with Crippen molar-refractivity contribution in [2.45, 2.75) is 12.6 Å². The number of fused-ring (bicyclic) bond motifs is 1. The first kappa shape index (κ1) is 16.4. The Balaban J connectivity index is 1.83. The average Bonchev–Trinajstić information content (AvgIpc) is 2.52. The van der Waals surface area contributed by atoms with Gasteiger partial charge in [-0.15, -0.1) is 0 Å². The predicted molar refractivity (Wildman–Crippen MR) is 80.2 cm³/mol. The number of aliphatic hydroxyl groups excluding tert-OH is 1. The predicted octanol–water partition coefficient (Wildman–Crippen LogP) is 0.606. The van der Waals surface area contributed by atoms with Crippen LogP contribution in [0.2, 0.25) is 0 Å². The minimum Gasteiger partial charge on any atom is -0.486 e. The third kappa shape index (κ3) is 4.51. The summed E-state index contributed by atoms with van der Waals surface area (Å²) < 4.78 is 15.8. The van der Waals surface area contributed by atoms with E-state index in [1.807, 2.05) is 18.2 Å². The van der Waals surface area contributed by atoms with Gasteiger partial charge in [0.2, 0.25) is 0 Å². The normalized spacial score (nSPS) is 14.3. The molecular weight excluding hydrogens is 288 g/mol. The summed E-state index contributed by atoms with van der Waals surface area (Å²) in [4.78, 5) is 13.4. The summed E-state index contributed by atoms with van der Waals surface area (Å²) in [5, 5.41) is 12.4. The Morgan fingerprint density at radius 3 is 2.86 bits per heavy atom. The molecule has 7 nitrogen and oxygen atoms in total. The summed E-state index contributed by atoms with van der Waals surface area (Å²) in [6, 6.07) is 5.31. The molecule has 1 aromatic rings. The van der Waals surface area contributed by atoms with Crippen molar-refractivity contribution in [1.29, 1.82) is 0 Å². The summed E-state index contributed by atoms with van der Waals surface area (Å²) in [6.45, 7) is 1.86. The maximum absolute atomic E-state index is 12.0. The lowest BCUT2D eigenvalue weighted by molar-refractivity contribution is 0.0489. The first-order valence-electron chi connectivity index (χ1n) is 7.14. The van der Waals surface area contributed by atoms with E-state index in [2.05, 4.69) is 5.32 Å². The average molecular weight is 310 g/mol. The molecule has 0 spiro atoms. The molecule has 1 aromatic carbocycles. The lowest BCUT2D eigenvalue weighted by Gasteiger charge is -2.21. The van der Waals surface area contributed by atoms with Crippen LogP contribution in [0.25, 0.3) is 0 Å². The highest BCUT2D eigenvalue weighted by Gasteiger charge is 2.15. The van der Waals surface area contributed by atoms with Gasteiger partial charge in [-0.3, -0.25) is 0 Å². The second-order valence-corrected chi connectivity index (χ2v) is 5.13. The number of carbonyl (C=O) groups excluding carboxylic acids is 1. The zero-order valence-electron chi connectivity index (χ0n) is 12.9. The first-order valence-corrected chi connectivity index (χ1v) is 7.14. The number of hydrogen-bond donors (Lipinski definition) is 2. The van der Waals surface area contributed by atoms with Gasteiger partial charge < -0.3 is 29.5 Å². The molecule has 0 aromatic heterocycles. The van der Waals surface area contributed by atoms with Gasteiger partial charge in [-0.1, -0.05) is 6.07 Å². The van der Waals surface area contributed by atoms with E-state index in [-0.39, 0.29) is 19.2 Å². The van der Waals surface area contributed by atoms with Crippen molar-refractivity contribution >= 4 is 6.03 Å². The topological polar surface area (TPSA) is 80.3 Å². The Kier molecular flexibility index (Phi) is 5.85. The third-order valence-corrected chi connectivity index (χ3v) is 3.24. The van der Waals surface area contributed by atoms with Crippen LogP contribution in [0, 0.1) is 0 Å². The highest BCUT2D eigenvalue weighted by atomic mass is 16.6. The van der Waals surface area contributed by atoms with E-state index < -0.39 is 6.10 Å². The zero-order chi connectivity index (χ0) is 15.9. The van der Waals surface area contributed by atoms with Crippen molar-refractivity contribution in [3.8, 4) is 11.5 Å². The van der Waals surface area contributed by atoms with Gasteiger partial charge in [0.1, 0.15) is 13.2 Å². The van der Waals surface area contributed by atoms with Gasteiger partial charge in [-0.2, -0.15) is 0 Å². The van der Waals surface area contributed by atoms with E-state index >= 15 is 0 Å². The van der Waals surface area contributed by atoms with Gasteiger partial charge in [0.15, 0.2) is 11.5 Å². The number of nitrogens with one attached hydrogen (secondary N) is 1. The molecule has 0 unspecified atom stereocenters. The first-order chi connectivity index (χ1) is 10.6. The van der Waals surface area contributed by atoms with Crippen LogP contribution < -0.4 is 14.8 Å². The Hall–Kier alpha value is -1.99. The number of likely N-dealkylation sites (N-methyl/N-ethyl adjacent to an activating group) is 1. The van der Waals surface area contributed by atoms with Crippen LogP contribution in [-0.2, 0) is 11.3 Å². The lowest BCUT2D eigenvalue weighted by Crippen LogP contribution is -2.42. The monoisotopic (exact) mass is 310 g/mol. The van der Waals surface area contributed by atoms with Gasteiger partial charge in [0, 0.05) is 20.7 Å². The fourth-order valence-electron chi connectivity index (χ4n) is 2.15. The molecule has 0 fully saturated rings. The van der Waals surface area contributed by atoms with Crippen LogP contribution in [0.3, 0.4) is 0 Å². The second-order valence-electron chi connectivity index (χ2n) is 5.13. The fraction of sp³-hybridized carbons (Fsp3) is 0.533.